The Balaban J connectivity index is 2.14. The van der Waals surface area contributed by atoms with Crippen molar-refractivity contribution in [3.8, 4) is 0 Å². The molecule has 0 saturated carbocycles. The van der Waals surface area contributed by atoms with E-state index in [4.69, 9.17) is 5.73 Å². The minimum Gasteiger partial charge on any atom is -0.352 e. The highest BCUT2D eigenvalue weighted by atomic mass is 32.2. The van der Waals surface area contributed by atoms with Gasteiger partial charge in [0.25, 0.3) is 0 Å². The molecule has 1 aromatic heterocycles. The monoisotopic (exact) mass is 300 g/mol. The highest BCUT2D eigenvalue weighted by molar-refractivity contribution is 7.89. The first-order valence-electron chi connectivity index (χ1n) is 6.89. The van der Waals surface area contributed by atoms with E-state index in [0.29, 0.717) is 17.4 Å². The van der Waals surface area contributed by atoms with Crippen LogP contribution in [0.4, 0.5) is 0 Å². The van der Waals surface area contributed by atoms with Gasteiger partial charge in [-0.05, 0) is 32.0 Å². The lowest BCUT2D eigenvalue weighted by Crippen LogP contribution is -2.48. The van der Waals surface area contributed by atoms with Crippen LogP contribution < -0.4 is 10.5 Å². The van der Waals surface area contributed by atoms with Crippen LogP contribution in [0.25, 0.3) is 0 Å². The Morgan fingerprint density at radius 3 is 2.70 bits per heavy atom. The fourth-order valence-corrected chi connectivity index (χ4v) is 4.20. The molecule has 0 amide bonds. The van der Waals surface area contributed by atoms with Gasteiger partial charge < -0.3 is 15.2 Å². The summed E-state index contributed by atoms with van der Waals surface area (Å²) in [4.78, 5) is 2.52. The maximum Gasteiger partial charge on any atom is 0.242 e. The number of hydrogen-bond donors (Lipinski definition) is 2. The number of likely N-dealkylation sites (tertiary alicyclic amines) is 1. The molecule has 114 valence electrons. The van der Waals surface area contributed by atoms with Crippen LogP contribution in [0.2, 0.25) is 0 Å². The first kappa shape index (κ1) is 15.5. The van der Waals surface area contributed by atoms with Gasteiger partial charge in [0.2, 0.25) is 10.0 Å². The highest BCUT2D eigenvalue weighted by Crippen LogP contribution is 2.19. The quantitative estimate of drug-likeness (QED) is 0.826. The lowest BCUT2D eigenvalue weighted by atomic mass is 9.95. The second-order valence-electron chi connectivity index (χ2n) is 5.74. The van der Waals surface area contributed by atoms with Crippen LogP contribution in [0.5, 0.6) is 0 Å². The Bertz CT molecular complexity index is 567. The summed E-state index contributed by atoms with van der Waals surface area (Å²) in [6.45, 7) is 4.24. The maximum atomic E-state index is 12.4. The molecule has 0 bridgehead atoms. The average molecular weight is 300 g/mol. The topological polar surface area (TPSA) is 80.4 Å². The normalized spacial score (nSPS) is 25.0. The van der Waals surface area contributed by atoms with Gasteiger partial charge in [0.15, 0.2) is 0 Å². The van der Waals surface area contributed by atoms with E-state index in [1.807, 2.05) is 0 Å². The molecule has 0 spiro atoms. The third kappa shape index (κ3) is 3.22. The first-order chi connectivity index (χ1) is 9.33. The van der Waals surface area contributed by atoms with E-state index in [1.165, 1.54) is 0 Å². The van der Waals surface area contributed by atoms with Crippen molar-refractivity contribution < 1.29 is 8.42 Å². The van der Waals surface area contributed by atoms with Crippen molar-refractivity contribution in [3.05, 3.63) is 18.0 Å². The largest absolute Gasteiger partial charge is 0.352 e. The molecule has 1 aliphatic heterocycles. The summed E-state index contributed by atoms with van der Waals surface area (Å²) >= 11 is 0. The molecule has 3 N–H and O–H groups in total. The van der Waals surface area contributed by atoms with Crippen molar-refractivity contribution in [1.29, 1.82) is 0 Å². The summed E-state index contributed by atoms with van der Waals surface area (Å²) in [5.74, 6) is 0.307. The predicted octanol–water partition coefficient (Wildman–Crippen LogP) is 0.102. The minimum atomic E-state index is -3.47. The van der Waals surface area contributed by atoms with Crippen LogP contribution in [0, 0.1) is 5.92 Å². The number of nitrogens with one attached hydrogen (secondary N) is 1. The molecule has 2 heterocycles. The minimum absolute atomic E-state index is 0.00210. The molecule has 1 aliphatic rings. The fraction of sp³-hybridized carbons (Fsp3) is 0.692. The van der Waals surface area contributed by atoms with Gasteiger partial charge in [-0.3, -0.25) is 0 Å². The Morgan fingerprint density at radius 2 is 2.15 bits per heavy atom. The van der Waals surface area contributed by atoms with Gasteiger partial charge in [0.1, 0.15) is 0 Å². The van der Waals surface area contributed by atoms with E-state index in [2.05, 4.69) is 23.6 Å². The number of aryl methyl sites for hydroxylation is 1. The summed E-state index contributed by atoms with van der Waals surface area (Å²) < 4.78 is 29.5. The number of nitrogens with two attached hydrogens (primary N) is 1. The number of hydrogen-bond acceptors (Lipinski definition) is 4. The zero-order valence-corrected chi connectivity index (χ0v) is 13.2. The number of sulfonamides is 1. The number of piperidine rings is 1. The van der Waals surface area contributed by atoms with E-state index in [-0.39, 0.29) is 6.04 Å². The molecule has 6 nitrogen and oxygen atoms in total. The van der Waals surface area contributed by atoms with Crippen molar-refractivity contribution in [2.24, 2.45) is 18.7 Å². The smallest absolute Gasteiger partial charge is 0.242 e. The summed E-state index contributed by atoms with van der Waals surface area (Å²) in [7, 11) is 0.399. The molecule has 7 heteroatoms. The van der Waals surface area contributed by atoms with Crippen molar-refractivity contribution >= 4 is 10.0 Å². The Labute approximate surface area is 121 Å². The zero-order chi connectivity index (χ0) is 14.9. The van der Waals surface area contributed by atoms with Gasteiger partial charge in [-0.2, -0.15) is 0 Å². The zero-order valence-electron chi connectivity index (χ0n) is 12.3. The van der Waals surface area contributed by atoms with Crippen molar-refractivity contribution in [3.63, 3.8) is 0 Å². The summed E-state index contributed by atoms with van der Waals surface area (Å²) in [6, 6.07) is 1.64. The lowest BCUT2D eigenvalue weighted by Gasteiger charge is -2.34. The van der Waals surface area contributed by atoms with Gasteiger partial charge in [0, 0.05) is 38.1 Å². The van der Waals surface area contributed by atoms with Crippen LogP contribution in [-0.4, -0.2) is 44.1 Å². The average Bonchev–Trinajstić information content (AvgIpc) is 2.75. The van der Waals surface area contributed by atoms with E-state index in [1.54, 1.807) is 23.9 Å². The Morgan fingerprint density at radius 1 is 1.45 bits per heavy atom. The van der Waals surface area contributed by atoms with Crippen LogP contribution >= 0.6 is 0 Å². The van der Waals surface area contributed by atoms with Gasteiger partial charge in [-0.25, -0.2) is 13.1 Å². The molecular formula is C13H24N4O2S. The Kier molecular flexibility index (Phi) is 4.53. The fourth-order valence-electron chi connectivity index (χ4n) is 2.72. The van der Waals surface area contributed by atoms with Crippen molar-refractivity contribution in [1.82, 2.24) is 14.2 Å². The predicted molar refractivity (Wildman–Crippen MR) is 78.7 cm³/mol. The van der Waals surface area contributed by atoms with Crippen molar-refractivity contribution in [2.45, 2.75) is 30.8 Å². The van der Waals surface area contributed by atoms with E-state index >= 15 is 0 Å². The molecular weight excluding hydrogens is 276 g/mol. The van der Waals surface area contributed by atoms with Gasteiger partial charge in [0.05, 0.1) is 4.90 Å². The standard InChI is InChI=1S/C13H24N4O2S/c1-10-8-16(2)5-4-13(10)15-20(18,19)12-6-11(7-14)17(3)9-12/h6,9-10,13,15H,4-5,7-8,14H2,1-3H3. The molecule has 1 aromatic rings. The van der Waals surface area contributed by atoms with Crippen LogP contribution in [0.3, 0.4) is 0 Å². The van der Waals surface area contributed by atoms with E-state index < -0.39 is 10.0 Å². The van der Waals surface area contributed by atoms with E-state index in [9.17, 15) is 8.42 Å². The number of aromatic nitrogens is 1. The number of rotatable bonds is 4. The third-order valence-electron chi connectivity index (χ3n) is 4.02. The molecule has 2 unspecified atom stereocenters. The molecule has 0 radical (unpaired) electrons. The molecule has 1 saturated heterocycles. The summed E-state index contributed by atoms with van der Waals surface area (Å²) in [6.07, 6.45) is 2.46. The molecule has 2 atom stereocenters. The SMILES string of the molecule is CC1CN(C)CCC1NS(=O)(=O)c1cc(CN)n(C)c1. The summed E-state index contributed by atoms with van der Waals surface area (Å²) in [5.41, 5.74) is 6.39. The molecule has 1 fully saturated rings. The summed E-state index contributed by atoms with van der Waals surface area (Å²) in [5, 5.41) is 0. The first-order valence-corrected chi connectivity index (χ1v) is 8.38. The van der Waals surface area contributed by atoms with Gasteiger partial charge >= 0.3 is 0 Å². The molecule has 0 aliphatic carbocycles. The van der Waals surface area contributed by atoms with Crippen molar-refractivity contribution in [2.75, 3.05) is 20.1 Å². The maximum absolute atomic E-state index is 12.4. The Hall–Kier alpha value is -0.890. The highest BCUT2D eigenvalue weighted by Gasteiger charge is 2.29. The second-order valence-corrected chi connectivity index (χ2v) is 7.45. The number of nitrogens with zero attached hydrogens (tertiary/aromatic N) is 2. The molecule has 20 heavy (non-hydrogen) atoms. The van der Waals surface area contributed by atoms with Crippen LogP contribution in [0.1, 0.15) is 19.0 Å². The molecule has 0 aromatic carbocycles. The third-order valence-corrected chi connectivity index (χ3v) is 5.47. The van der Waals surface area contributed by atoms with Gasteiger partial charge in [-0.1, -0.05) is 6.92 Å². The molecule has 2 rings (SSSR count). The second kappa shape index (κ2) is 5.85. The van der Waals surface area contributed by atoms with Crippen LogP contribution in [-0.2, 0) is 23.6 Å². The van der Waals surface area contributed by atoms with Crippen LogP contribution in [0.15, 0.2) is 17.2 Å². The van der Waals surface area contributed by atoms with Gasteiger partial charge in [-0.15, -0.1) is 0 Å². The van der Waals surface area contributed by atoms with E-state index in [0.717, 1.165) is 25.2 Å². The lowest BCUT2D eigenvalue weighted by molar-refractivity contribution is 0.188.